The molecule has 32 heavy (non-hydrogen) atoms. The standard InChI is InChI=1S/C24H30BrN3O4/c25-18-7-3-6-17(14-18)15-21-24(31)28(19-8-1-2-9-20(19)32-21)16-22(29)26-11-5-13-27-12-4-10-23(27)30/h3,6-7,14-15,19-20H,1-2,4-5,8-13,16H2,(H,26,29)/b21-15+. The second-order valence-corrected chi connectivity index (χ2v) is 9.61. The van der Waals surface area contributed by atoms with E-state index in [0.717, 1.165) is 48.7 Å². The Balaban J connectivity index is 1.38. The van der Waals surface area contributed by atoms with Gasteiger partial charge in [0.05, 0.1) is 6.04 Å². The number of likely N-dealkylation sites (tertiary alicyclic amines) is 1. The van der Waals surface area contributed by atoms with Gasteiger partial charge >= 0.3 is 0 Å². The summed E-state index contributed by atoms with van der Waals surface area (Å²) >= 11 is 3.46. The Labute approximate surface area is 197 Å². The van der Waals surface area contributed by atoms with Crippen molar-refractivity contribution >= 4 is 39.7 Å². The van der Waals surface area contributed by atoms with Gasteiger partial charge in [-0.1, -0.05) is 34.5 Å². The average Bonchev–Trinajstić information content (AvgIpc) is 3.19. The van der Waals surface area contributed by atoms with E-state index >= 15 is 0 Å². The van der Waals surface area contributed by atoms with Crippen molar-refractivity contribution in [2.45, 2.75) is 57.1 Å². The van der Waals surface area contributed by atoms with E-state index in [9.17, 15) is 14.4 Å². The zero-order valence-corrected chi connectivity index (χ0v) is 19.8. The maximum Gasteiger partial charge on any atom is 0.289 e. The van der Waals surface area contributed by atoms with Crippen LogP contribution in [0.1, 0.15) is 50.5 Å². The molecule has 7 nitrogen and oxygen atoms in total. The molecule has 1 aromatic rings. The number of halogens is 1. The molecular weight excluding hydrogens is 474 g/mol. The minimum absolute atomic E-state index is 0.0296. The van der Waals surface area contributed by atoms with Gasteiger partial charge in [0.2, 0.25) is 11.8 Å². The molecule has 2 saturated heterocycles. The molecule has 0 aromatic heterocycles. The second kappa shape index (κ2) is 10.5. The lowest BCUT2D eigenvalue weighted by Gasteiger charge is -2.44. The smallest absolute Gasteiger partial charge is 0.289 e. The highest BCUT2D eigenvalue weighted by Gasteiger charge is 2.42. The molecule has 1 aliphatic carbocycles. The third-order valence-electron chi connectivity index (χ3n) is 6.38. The van der Waals surface area contributed by atoms with Crippen molar-refractivity contribution in [3.63, 3.8) is 0 Å². The van der Waals surface area contributed by atoms with E-state index in [4.69, 9.17) is 4.74 Å². The molecule has 0 spiro atoms. The molecular formula is C24H30BrN3O4. The average molecular weight is 504 g/mol. The lowest BCUT2D eigenvalue weighted by molar-refractivity contribution is -0.151. The third-order valence-corrected chi connectivity index (χ3v) is 6.87. The number of hydrogen-bond donors (Lipinski definition) is 1. The second-order valence-electron chi connectivity index (χ2n) is 8.69. The molecule has 0 radical (unpaired) electrons. The summed E-state index contributed by atoms with van der Waals surface area (Å²) in [5, 5.41) is 2.92. The topological polar surface area (TPSA) is 79.0 Å². The first-order chi connectivity index (χ1) is 15.5. The van der Waals surface area contributed by atoms with E-state index in [0.29, 0.717) is 31.7 Å². The molecule has 2 unspecified atom stereocenters. The van der Waals surface area contributed by atoms with Crippen LogP contribution in [0.5, 0.6) is 0 Å². The van der Waals surface area contributed by atoms with Crippen LogP contribution in [0.4, 0.5) is 0 Å². The van der Waals surface area contributed by atoms with Gasteiger partial charge in [-0.15, -0.1) is 0 Å². The number of nitrogens with one attached hydrogen (secondary N) is 1. The summed E-state index contributed by atoms with van der Waals surface area (Å²) in [6.07, 6.45) is 7.78. The quantitative estimate of drug-likeness (QED) is 0.458. The molecule has 1 aromatic carbocycles. The lowest BCUT2D eigenvalue weighted by Crippen LogP contribution is -2.57. The van der Waals surface area contributed by atoms with Crippen molar-refractivity contribution in [2.24, 2.45) is 0 Å². The highest BCUT2D eigenvalue weighted by atomic mass is 79.9. The number of ether oxygens (including phenoxy) is 1. The Kier molecular flexibility index (Phi) is 7.50. The van der Waals surface area contributed by atoms with Crippen LogP contribution in [-0.2, 0) is 19.1 Å². The van der Waals surface area contributed by atoms with Crippen LogP contribution in [0.3, 0.4) is 0 Å². The Morgan fingerprint density at radius 2 is 2.06 bits per heavy atom. The summed E-state index contributed by atoms with van der Waals surface area (Å²) < 4.78 is 7.04. The highest BCUT2D eigenvalue weighted by Crippen LogP contribution is 2.33. The van der Waals surface area contributed by atoms with Crippen LogP contribution in [0.25, 0.3) is 6.08 Å². The Bertz CT molecular complexity index is 903. The van der Waals surface area contributed by atoms with Gasteiger partial charge in [-0.2, -0.15) is 0 Å². The van der Waals surface area contributed by atoms with Crippen LogP contribution in [0.2, 0.25) is 0 Å². The van der Waals surface area contributed by atoms with E-state index in [-0.39, 0.29) is 36.4 Å². The maximum absolute atomic E-state index is 13.2. The summed E-state index contributed by atoms with van der Waals surface area (Å²) in [7, 11) is 0. The van der Waals surface area contributed by atoms with Gasteiger partial charge in [-0.3, -0.25) is 14.4 Å². The number of rotatable bonds is 7. The number of benzene rings is 1. The highest BCUT2D eigenvalue weighted by molar-refractivity contribution is 9.10. The minimum atomic E-state index is -0.231. The number of carbonyl (C=O) groups is 3. The summed E-state index contributed by atoms with van der Waals surface area (Å²) in [6.45, 7) is 2.00. The molecule has 3 aliphatic rings. The molecule has 8 heteroatoms. The van der Waals surface area contributed by atoms with Crippen LogP contribution < -0.4 is 5.32 Å². The van der Waals surface area contributed by atoms with Crippen molar-refractivity contribution in [1.29, 1.82) is 0 Å². The summed E-state index contributed by atoms with van der Waals surface area (Å²) in [6, 6.07) is 7.62. The van der Waals surface area contributed by atoms with E-state index in [1.807, 2.05) is 29.2 Å². The molecule has 1 N–H and O–H groups in total. The minimum Gasteiger partial charge on any atom is -0.482 e. The van der Waals surface area contributed by atoms with Crippen LogP contribution in [0, 0.1) is 0 Å². The number of fused-ring (bicyclic) bond motifs is 1. The van der Waals surface area contributed by atoms with Gasteiger partial charge in [-0.05, 0) is 55.9 Å². The summed E-state index contributed by atoms with van der Waals surface area (Å²) in [5.74, 6) is 0.0972. The normalized spacial score (nSPS) is 24.5. The van der Waals surface area contributed by atoms with Gasteiger partial charge in [0.25, 0.3) is 5.91 Å². The molecule has 3 fully saturated rings. The first kappa shape index (κ1) is 22.8. The van der Waals surface area contributed by atoms with Gasteiger partial charge < -0.3 is 19.9 Å². The van der Waals surface area contributed by atoms with E-state index in [1.165, 1.54) is 0 Å². The molecule has 172 valence electrons. The molecule has 3 amide bonds. The van der Waals surface area contributed by atoms with Gasteiger partial charge in [0.1, 0.15) is 12.6 Å². The fourth-order valence-electron chi connectivity index (χ4n) is 4.76. The number of morpholine rings is 1. The first-order valence-corrected chi connectivity index (χ1v) is 12.3. The van der Waals surface area contributed by atoms with E-state index in [2.05, 4.69) is 21.2 Å². The van der Waals surface area contributed by atoms with Gasteiger partial charge in [-0.25, -0.2) is 0 Å². The Morgan fingerprint density at radius 1 is 1.22 bits per heavy atom. The SMILES string of the molecule is O=C(CN1C(=O)/C(=C\c2cccc(Br)c2)OC2CCCCC21)NCCCN1CCCC1=O. The fourth-order valence-corrected chi connectivity index (χ4v) is 5.18. The number of amides is 3. The molecule has 2 heterocycles. The number of carbonyl (C=O) groups excluding carboxylic acids is 3. The van der Waals surface area contributed by atoms with E-state index < -0.39 is 0 Å². The van der Waals surface area contributed by atoms with E-state index in [1.54, 1.807) is 11.0 Å². The number of nitrogens with zero attached hydrogens (tertiary/aromatic N) is 2. The van der Waals surface area contributed by atoms with Crippen LogP contribution in [-0.4, -0.2) is 65.8 Å². The fraction of sp³-hybridized carbons (Fsp3) is 0.542. The molecule has 1 saturated carbocycles. The van der Waals surface area contributed by atoms with Crippen molar-refractivity contribution in [3.05, 3.63) is 40.1 Å². The van der Waals surface area contributed by atoms with Crippen LogP contribution in [0.15, 0.2) is 34.5 Å². The summed E-state index contributed by atoms with van der Waals surface area (Å²) in [5.41, 5.74) is 0.873. The number of hydrogen-bond acceptors (Lipinski definition) is 4. The molecule has 0 bridgehead atoms. The Morgan fingerprint density at radius 3 is 2.84 bits per heavy atom. The van der Waals surface area contributed by atoms with Crippen molar-refractivity contribution in [1.82, 2.24) is 15.1 Å². The third kappa shape index (κ3) is 5.52. The molecule has 2 atom stereocenters. The van der Waals surface area contributed by atoms with Crippen molar-refractivity contribution < 1.29 is 19.1 Å². The molecule has 4 rings (SSSR count). The van der Waals surface area contributed by atoms with Gasteiger partial charge in [0, 0.05) is 30.5 Å². The predicted octanol–water partition coefficient (Wildman–Crippen LogP) is 3.09. The zero-order valence-electron chi connectivity index (χ0n) is 18.2. The van der Waals surface area contributed by atoms with Crippen LogP contribution >= 0.6 is 15.9 Å². The maximum atomic E-state index is 13.2. The zero-order chi connectivity index (χ0) is 22.5. The monoisotopic (exact) mass is 503 g/mol. The van der Waals surface area contributed by atoms with Crippen molar-refractivity contribution in [2.75, 3.05) is 26.2 Å². The van der Waals surface area contributed by atoms with Crippen molar-refractivity contribution in [3.8, 4) is 0 Å². The largest absolute Gasteiger partial charge is 0.482 e. The Hall–Kier alpha value is -2.35. The molecule has 2 aliphatic heterocycles. The first-order valence-electron chi connectivity index (χ1n) is 11.5. The van der Waals surface area contributed by atoms with Gasteiger partial charge in [0.15, 0.2) is 5.76 Å². The predicted molar refractivity (Wildman–Crippen MR) is 124 cm³/mol. The lowest BCUT2D eigenvalue weighted by atomic mass is 9.89. The summed E-state index contributed by atoms with van der Waals surface area (Å²) in [4.78, 5) is 41.1.